The van der Waals surface area contributed by atoms with Crippen molar-refractivity contribution in [2.45, 2.75) is 44.0 Å². The van der Waals surface area contributed by atoms with E-state index in [0.29, 0.717) is 17.0 Å². The Bertz CT molecular complexity index is 466. The zero-order valence-electron chi connectivity index (χ0n) is 10.6. The summed E-state index contributed by atoms with van der Waals surface area (Å²) in [6.07, 6.45) is -2.35. The Hall–Kier alpha value is -0.690. The summed E-state index contributed by atoms with van der Waals surface area (Å²) in [6.45, 7) is 1.34. The van der Waals surface area contributed by atoms with E-state index in [1.165, 1.54) is 6.92 Å². The van der Waals surface area contributed by atoms with Crippen molar-refractivity contribution in [3.8, 4) is 0 Å². The molecule has 1 aliphatic heterocycles. The fourth-order valence-corrected chi connectivity index (χ4v) is 2.51. The standard InChI is InChI=1S/C13H18ClNO4/c1-13(18)10(19-12(15)11(13)17)5-7-2-3-9(14)4-8(7)6-16/h2-4,10-12,16-18H,5-6,15H2,1H3/t10-,11+,12-,13-/m1/s1. The van der Waals surface area contributed by atoms with Crippen molar-refractivity contribution in [3.05, 3.63) is 34.3 Å². The van der Waals surface area contributed by atoms with Crippen molar-refractivity contribution in [2.24, 2.45) is 5.73 Å². The van der Waals surface area contributed by atoms with Gasteiger partial charge in [0.1, 0.15) is 17.9 Å². The van der Waals surface area contributed by atoms with Gasteiger partial charge in [-0.1, -0.05) is 17.7 Å². The number of benzene rings is 1. The van der Waals surface area contributed by atoms with E-state index in [0.717, 1.165) is 5.56 Å². The zero-order valence-corrected chi connectivity index (χ0v) is 11.3. The highest BCUT2D eigenvalue weighted by molar-refractivity contribution is 6.30. The van der Waals surface area contributed by atoms with E-state index in [-0.39, 0.29) is 6.61 Å². The number of hydrogen-bond donors (Lipinski definition) is 4. The fraction of sp³-hybridized carbons (Fsp3) is 0.538. The van der Waals surface area contributed by atoms with Crippen LogP contribution in [0.2, 0.25) is 5.02 Å². The number of aliphatic hydroxyl groups is 3. The predicted octanol–water partition coefficient (Wildman–Crippen LogP) is 0.170. The molecule has 0 aliphatic carbocycles. The molecule has 2 rings (SSSR count). The Morgan fingerprint density at radius 1 is 1.42 bits per heavy atom. The molecule has 0 aromatic heterocycles. The van der Waals surface area contributed by atoms with Gasteiger partial charge >= 0.3 is 0 Å². The molecule has 5 N–H and O–H groups in total. The normalized spacial score (nSPS) is 34.7. The van der Waals surface area contributed by atoms with E-state index >= 15 is 0 Å². The van der Waals surface area contributed by atoms with Gasteiger partial charge in [0.25, 0.3) is 0 Å². The summed E-state index contributed by atoms with van der Waals surface area (Å²) in [5, 5.41) is 29.8. The van der Waals surface area contributed by atoms with E-state index in [1.807, 2.05) is 0 Å². The molecule has 1 fully saturated rings. The molecule has 4 atom stereocenters. The average molecular weight is 288 g/mol. The molecule has 6 heteroatoms. The summed E-state index contributed by atoms with van der Waals surface area (Å²) in [6, 6.07) is 5.14. The van der Waals surface area contributed by atoms with Gasteiger partial charge in [-0.25, -0.2) is 0 Å². The minimum Gasteiger partial charge on any atom is -0.392 e. The highest BCUT2D eigenvalue weighted by atomic mass is 35.5. The lowest BCUT2D eigenvalue weighted by Crippen LogP contribution is -2.47. The van der Waals surface area contributed by atoms with E-state index in [2.05, 4.69) is 0 Å². The Kier molecular flexibility index (Phi) is 4.15. The van der Waals surface area contributed by atoms with Gasteiger partial charge in [-0.3, -0.25) is 0 Å². The topological polar surface area (TPSA) is 95.9 Å². The number of halogens is 1. The molecule has 1 saturated heterocycles. The molecule has 0 unspecified atom stereocenters. The molecule has 0 spiro atoms. The van der Waals surface area contributed by atoms with Crippen LogP contribution < -0.4 is 5.73 Å². The third kappa shape index (κ3) is 2.76. The van der Waals surface area contributed by atoms with Crippen LogP contribution in [0.15, 0.2) is 18.2 Å². The maximum Gasteiger partial charge on any atom is 0.135 e. The molecule has 1 aromatic carbocycles. The summed E-state index contributed by atoms with van der Waals surface area (Å²) < 4.78 is 5.39. The number of hydrogen-bond acceptors (Lipinski definition) is 5. The molecular formula is C13H18ClNO4. The molecule has 1 aromatic rings. The van der Waals surface area contributed by atoms with Gasteiger partial charge in [-0.15, -0.1) is 0 Å². The Balaban J connectivity index is 2.22. The first kappa shape index (κ1) is 14.7. The van der Waals surface area contributed by atoms with Crippen molar-refractivity contribution >= 4 is 11.6 Å². The second-order valence-corrected chi connectivity index (χ2v) is 5.47. The third-order valence-electron chi connectivity index (χ3n) is 3.63. The van der Waals surface area contributed by atoms with Crippen LogP contribution in [0.1, 0.15) is 18.1 Å². The third-order valence-corrected chi connectivity index (χ3v) is 3.86. The number of aliphatic hydroxyl groups excluding tert-OH is 2. The van der Waals surface area contributed by atoms with Crippen LogP contribution in [0.3, 0.4) is 0 Å². The van der Waals surface area contributed by atoms with Crippen LogP contribution in [0.4, 0.5) is 0 Å². The van der Waals surface area contributed by atoms with E-state index in [9.17, 15) is 15.3 Å². The highest BCUT2D eigenvalue weighted by Gasteiger charge is 2.50. The molecule has 1 heterocycles. The van der Waals surface area contributed by atoms with E-state index < -0.39 is 24.0 Å². The zero-order chi connectivity index (χ0) is 14.2. The quantitative estimate of drug-likeness (QED) is 0.636. The smallest absolute Gasteiger partial charge is 0.135 e. The van der Waals surface area contributed by atoms with Gasteiger partial charge in [-0.05, 0) is 30.2 Å². The molecule has 19 heavy (non-hydrogen) atoms. The Morgan fingerprint density at radius 3 is 2.63 bits per heavy atom. The van der Waals surface area contributed by atoms with E-state index in [4.69, 9.17) is 22.1 Å². The minimum atomic E-state index is -1.42. The second kappa shape index (κ2) is 5.36. The second-order valence-electron chi connectivity index (χ2n) is 5.04. The van der Waals surface area contributed by atoms with Crippen LogP contribution in [0.25, 0.3) is 0 Å². The SMILES string of the molecule is C[C@@]1(O)[C@@H](Cc2ccc(Cl)cc2CO)O[C@@H](N)[C@@H]1O. The monoisotopic (exact) mass is 287 g/mol. The number of rotatable bonds is 3. The summed E-state index contributed by atoms with van der Waals surface area (Å²) in [7, 11) is 0. The van der Waals surface area contributed by atoms with Crippen molar-refractivity contribution in [1.29, 1.82) is 0 Å². The van der Waals surface area contributed by atoms with Crippen LogP contribution in [0.5, 0.6) is 0 Å². The van der Waals surface area contributed by atoms with E-state index in [1.54, 1.807) is 18.2 Å². The summed E-state index contributed by atoms with van der Waals surface area (Å²) in [5.41, 5.74) is 5.64. The minimum absolute atomic E-state index is 0.153. The van der Waals surface area contributed by atoms with Gasteiger partial charge in [0.05, 0.1) is 12.7 Å². The average Bonchev–Trinajstić information content (AvgIpc) is 2.55. The van der Waals surface area contributed by atoms with Gasteiger partial charge in [0.2, 0.25) is 0 Å². The Morgan fingerprint density at radius 2 is 2.11 bits per heavy atom. The molecule has 0 saturated carbocycles. The van der Waals surface area contributed by atoms with Crippen molar-refractivity contribution in [1.82, 2.24) is 0 Å². The predicted molar refractivity (Wildman–Crippen MR) is 70.6 cm³/mol. The van der Waals surface area contributed by atoms with Gasteiger partial charge in [0, 0.05) is 11.4 Å². The highest BCUT2D eigenvalue weighted by Crippen LogP contribution is 2.32. The molecular weight excluding hydrogens is 270 g/mol. The van der Waals surface area contributed by atoms with Crippen LogP contribution in [-0.4, -0.2) is 39.4 Å². The molecule has 0 bridgehead atoms. The summed E-state index contributed by atoms with van der Waals surface area (Å²) >= 11 is 5.86. The summed E-state index contributed by atoms with van der Waals surface area (Å²) in [4.78, 5) is 0. The first-order valence-electron chi connectivity index (χ1n) is 6.06. The largest absolute Gasteiger partial charge is 0.392 e. The van der Waals surface area contributed by atoms with Gasteiger partial charge in [0.15, 0.2) is 0 Å². The number of ether oxygens (including phenoxy) is 1. The lowest BCUT2D eigenvalue weighted by molar-refractivity contribution is -0.0626. The first-order chi connectivity index (χ1) is 8.86. The van der Waals surface area contributed by atoms with Crippen LogP contribution >= 0.6 is 11.6 Å². The number of nitrogens with two attached hydrogens (primary N) is 1. The fourth-order valence-electron chi connectivity index (χ4n) is 2.32. The summed E-state index contributed by atoms with van der Waals surface area (Å²) in [5.74, 6) is 0. The molecule has 0 radical (unpaired) electrons. The van der Waals surface area contributed by atoms with Crippen molar-refractivity contribution in [3.63, 3.8) is 0 Å². The maximum atomic E-state index is 10.2. The first-order valence-corrected chi connectivity index (χ1v) is 6.43. The maximum absolute atomic E-state index is 10.2. The molecule has 0 amide bonds. The van der Waals surface area contributed by atoms with Crippen molar-refractivity contribution in [2.75, 3.05) is 0 Å². The lowest BCUT2D eigenvalue weighted by Gasteiger charge is -2.26. The molecule has 106 valence electrons. The Labute approximate surface area is 116 Å². The lowest BCUT2D eigenvalue weighted by atomic mass is 9.89. The molecule has 1 aliphatic rings. The van der Waals surface area contributed by atoms with Gasteiger partial charge < -0.3 is 25.8 Å². The van der Waals surface area contributed by atoms with Crippen LogP contribution in [0, 0.1) is 0 Å². The van der Waals surface area contributed by atoms with Crippen LogP contribution in [-0.2, 0) is 17.8 Å². The molecule has 5 nitrogen and oxygen atoms in total. The van der Waals surface area contributed by atoms with Gasteiger partial charge in [-0.2, -0.15) is 0 Å². The van der Waals surface area contributed by atoms with Crippen molar-refractivity contribution < 1.29 is 20.1 Å².